The lowest BCUT2D eigenvalue weighted by Crippen LogP contribution is -2.36. The number of fused-ring (bicyclic) bond motifs is 1. The molecule has 0 radical (unpaired) electrons. The minimum Gasteiger partial charge on any atom is -0.352 e. The lowest BCUT2D eigenvalue weighted by Gasteiger charge is -2.24. The van der Waals surface area contributed by atoms with Crippen molar-refractivity contribution >= 4 is 28.7 Å². The predicted octanol–water partition coefficient (Wildman–Crippen LogP) is 3.29. The molecule has 3 aliphatic rings. The standard InChI is InChI=1S/C24H32N4O4S/c1-2-26-17(13-28(31)32)9-5-14-6-10-19-18(11-14)20(24(30)27-12-15-3-4-15)23(33-19)21(25)22(29)16-7-8-16/h7,14-15,17,25-26H,2-6,8-13H2,1H3,(H,27,30). The number of allylic oxidation sites excluding steroid dienone is 2. The van der Waals surface area contributed by atoms with Crippen molar-refractivity contribution in [2.75, 3.05) is 19.6 Å². The van der Waals surface area contributed by atoms with Gasteiger partial charge in [-0.15, -0.1) is 11.3 Å². The molecule has 1 heterocycles. The number of nitro groups is 1. The van der Waals surface area contributed by atoms with E-state index in [9.17, 15) is 19.7 Å². The second kappa shape index (κ2) is 10.3. The zero-order valence-corrected chi connectivity index (χ0v) is 19.9. The highest BCUT2D eigenvalue weighted by molar-refractivity contribution is 7.15. The molecule has 3 N–H and O–H groups in total. The van der Waals surface area contributed by atoms with E-state index in [2.05, 4.69) is 10.6 Å². The number of nitrogens with one attached hydrogen (secondary N) is 3. The maximum absolute atomic E-state index is 13.2. The molecular formula is C24H32N4O4S. The first-order valence-electron chi connectivity index (χ1n) is 12.0. The Morgan fingerprint density at radius 3 is 2.70 bits per heavy atom. The molecule has 0 aromatic carbocycles. The van der Waals surface area contributed by atoms with Crippen molar-refractivity contribution in [3.05, 3.63) is 42.6 Å². The van der Waals surface area contributed by atoms with Crippen LogP contribution in [0.15, 0.2) is 11.6 Å². The van der Waals surface area contributed by atoms with Crippen LogP contribution in [0.1, 0.15) is 71.1 Å². The molecule has 0 aliphatic heterocycles. The fourth-order valence-corrected chi connectivity index (χ4v) is 5.92. The third-order valence-corrected chi connectivity index (χ3v) is 8.09. The number of thiophene rings is 1. The Bertz CT molecular complexity index is 995. The average molecular weight is 473 g/mol. The first-order valence-corrected chi connectivity index (χ1v) is 12.8. The van der Waals surface area contributed by atoms with Crippen LogP contribution in [0, 0.1) is 27.4 Å². The van der Waals surface area contributed by atoms with E-state index in [4.69, 9.17) is 5.41 Å². The van der Waals surface area contributed by atoms with Gasteiger partial charge in [0.15, 0.2) is 0 Å². The molecule has 2 atom stereocenters. The van der Waals surface area contributed by atoms with Crippen molar-refractivity contribution in [1.82, 2.24) is 10.6 Å². The van der Waals surface area contributed by atoms with E-state index in [1.54, 1.807) is 0 Å². The van der Waals surface area contributed by atoms with Crippen molar-refractivity contribution in [3.63, 3.8) is 0 Å². The molecule has 1 amide bonds. The molecule has 33 heavy (non-hydrogen) atoms. The van der Waals surface area contributed by atoms with Crippen LogP contribution in [0.5, 0.6) is 0 Å². The van der Waals surface area contributed by atoms with E-state index in [0.717, 1.165) is 55.4 Å². The van der Waals surface area contributed by atoms with Gasteiger partial charge in [-0.25, -0.2) is 0 Å². The summed E-state index contributed by atoms with van der Waals surface area (Å²) in [6, 6.07) is -0.150. The third kappa shape index (κ3) is 5.95. The summed E-state index contributed by atoms with van der Waals surface area (Å²) in [4.78, 5) is 38.1. The lowest BCUT2D eigenvalue weighted by atomic mass is 9.82. The molecule has 2 unspecified atom stereocenters. The number of aryl methyl sites for hydroxylation is 1. The summed E-state index contributed by atoms with van der Waals surface area (Å²) in [5.41, 5.74) is 2.10. The average Bonchev–Trinajstić information content (AvgIpc) is 3.71. The molecule has 0 bridgehead atoms. The first-order chi connectivity index (χ1) is 15.9. The van der Waals surface area contributed by atoms with Gasteiger partial charge in [0.2, 0.25) is 12.3 Å². The molecule has 9 heteroatoms. The van der Waals surface area contributed by atoms with Crippen molar-refractivity contribution < 1.29 is 14.5 Å². The smallest absolute Gasteiger partial charge is 0.253 e. The van der Waals surface area contributed by atoms with E-state index in [-0.39, 0.29) is 34.9 Å². The third-order valence-electron chi connectivity index (χ3n) is 6.78. The van der Waals surface area contributed by atoms with E-state index >= 15 is 0 Å². The van der Waals surface area contributed by atoms with Gasteiger partial charge in [-0.1, -0.05) is 13.0 Å². The van der Waals surface area contributed by atoms with Crippen LogP contribution in [-0.4, -0.2) is 48.0 Å². The Labute approximate surface area is 197 Å². The quantitative estimate of drug-likeness (QED) is 0.231. The molecule has 8 nitrogen and oxygen atoms in total. The monoisotopic (exact) mass is 472 g/mol. The van der Waals surface area contributed by atoms with E-state index in [1.807, 2.05) is 13.0 Å². The highest BCUT2D eigenvalue weighted by atomic mass is 32.1. The van der Waals surface area contributed by atoms with Crippen molar-refractivity contribution in [3.8, 4) is 0 Å². The number of rotatable bonds is 13. The number of amides is 1. The summed E-state index contributed by atoms with van der Waals surface area (Å²) in [6.45, 7) is 3.20. The summed E-state index contributed by atoms with van der Waals surface area (Å²) in [5, 5.41) is 25.7. The van der Waals surface area contributed by atoms with Crippen LogP contribution in [0.25, 0.3) is 0 Å². The summed E-state index contributed by atoms with van der Waals surface area (Å²) < 4.78 is 0. The highest BCUT2D eigenvalue weighted by Crippen LogP contribution is 2.39. The number of nitrogens with zero attached hydrogens (tertiary/aromatic N) is 1. The Balaban J connectivity index is 1.51. The number of likely N-dealkylation sites (N-methyl/N-ethyl adjacent to an activating group) is 1. The summed E-state index contributed by atoms with van der Waals surface area (Å²) in [5.74, 6) is 0.437. The van der Waals surface area contributed by atoms with E-state index in [1.165, 1.54) is 11.3 Å². The molecule has 178 valence electrons. The predicted molar refractivity (Wildman–Crippen MR) is 128 cm³/mol. The van der Waals surface area contributed by atoms with Gasteiger partial charge in [0, 0.05) is 21.9 Å². The van der Waals surface area contributed by atoms with Crippen molar-refractivity contribution in [1.29, 1.82) is 5.41 Å². The Hall–Kier alpha value is -2.39. The van der Waals surface area contributed by atoms with Gasteiger partial charge >= 0.3 is 0 Å². The maximum Gasteiger partial charge on any atom is 0.253 e. The second-order valence-electron chi connectivity index (χ2n) is 9.46. The molecule has 3 aliphatic carbocycles. The van der Waals surface area contributed by atoms with Crippen LogP contribution >= 0.6 is 11.3 Å². The van der Waals surface area contributed by atoms with Crippen LogP contribution < -0.4 is 10.6 Å². The number of hydrogen-bond acceptors (Lipinski definition) is 7. The molecule has 1 aromatic heterocycles. The van der Waals surface area contributed by atoms with Crippen LogP contribution in [-0.2, 0) is 17.6 Å². The van der Waals surface area contributed by atoms with Crippen LogP contribution in [0.2, 0.25) is 0 Å². The number of carbonyl (C=O) groups is 2. The normalized spacial score (nSPS) is 19.9. The zero-order valence-electron chi connectivity index (χ0n) is 19.1. The van der Waals surface area contributed by atoms with Crippen LogP contribution in [0.3, 0.4) is 0 Å². The highest BCUT2D eigenvalue weighted by Gasteiger charge is 2.34. The Morgan fingerprint density at radius 2 is 2.06 bits per heavy atom. The minimum absolute atomic E-state index is 0.0653. The van der Waals surface area contributed by atoms with Crippen molar-refractivity contribution in [2.24, 2.45) is 11.8 Å². The Kier molecular flexibility index (Phi) is 7.38. The SMILES string of the molecule is CCNC(CCC1CCc2sc(C(=N)C(=O)C3=CC3)c(C(=O)NCC3CC3)c2C1)C[N+](=O)[O-]. The molecule has 0 spiro atoms. The fourth-order valence-electron chi connectivity index (χ4n) is 4.63. The molecule has 0 saturated heterocycles. The number of hydrogen-bond donors (Lipinski definition) is 3. The second-order valence-corrected chi connectivity index (χ2v) is 10.6. The number of carbonyl (C=O) groups excluding carboxylic acids is 2. The van der Waals surface area contributed by atoms with E-state index in [0.29, 0.717) is 47.4 Å². The number of Topliss-reactive ketones (excluding diaryl/α,β-unsaturated/α-hetero) is 1. The first kappa shape index (κ1) is 23.8. The summed E-state index contributed by atoms with van der Waals surface area (Å²) >= 11 is 1.43. The van der Waals surface area contributed by atoms with Crippen LogP contribution in [0.4, 0.5) is 0 Å². The molecular weight excluding hydrogens is 440 g/mol. The topological polar surface area (TPSA) is 125 Å². The maximum atomic E-state index is 13.2. The van der Waals surface area contributed by atoms with Gasteiger partial charge in [0.1, 0.15) is 5.71 Å². The molecule has 1 fully saturated rings. The van der Waals surface area contributed by atoms with Gasteiger partial charge in [-0.2, -0.15) is 0 Å². The molecule has 4 rings (SSSR count). The van der Waals surface area contributed by atoms with E-state index < -0.39 is 0 Å². The van der Waals surface area contributed by atoms with Gasteiger partial charge < -0.3 is 10.6 Å². The fraction of sp³-hybridized carbons (Fsp3) is 0.625. The zero-order chi connectivity index (χ0) is 23.5. The van der Waals surface area contributed by atoms with Crippen molar-refractivity contribution in [2.45, 2.75) is 64.3 Å². The van der Waals surface area contributed by atoms with Gasteiger partial charge in [0.05, 0.1) is 16.5 Å². The summed E-state index contributed by atoms with van der Waals surface area (Å²) in [7, 11) is 0. The Morgan fingerprint density at radius 1 is 1.30 bits per heavy atom. The van der Waals surface area contributed by atoms with Gasteiger partial charge in [-0.3, -0.25) is 25.1 Å². The molecule has 1 saturated carbocycles. The van der Waals surface area contributed by atoms with Gasteiger partial charge in [0.25, 0.3) is 5.91 Å². The largest absolute Gasteiger partial charge is 0.352 e. The molecule has 1 aromatic rings. The minimum atomic E-state index is -0.269. The summed E-state index contributed by atoms with van der Waals surface area (Å²) in [6.07, 6.45) is 8.79. The number of ketones is 1. The van der Waals surface area contributed by atoms with Gasteiger partial charge in [-0.05, 0) is 75.3 Å². The lowest BCUT2D eigenvalue weighted by molar-refractivity contribution is -0.483.